The van der Waals surface area contributed by atoms with E-state index in [2.05, 4.69) is 20.8 Å². The third kappa shape index (κ3) is 9.36. The Kier molecular flexibility index (Phi) is 11.9. The number of benzene rings is 1. The number of aromatic hydroxyl groups is 1. The standard InChI is InChI=1S/C8H10O.C6H13.Y/c1-6-3-4-7(2)8(9)5-6;1-4-5-6(2)3;/h3-5,9H,1-2H3;6H,1,4-5H2,2-3H3;/q;-1;. The van der Waals surface area contributed by atoms with Gasteiger partial charge in [0, 0.05) is 32.7 Å². The van der Waals surface area contributed by atoms with Crippen molar-refractivity contribution in [3.63, 3.8) is 0 Å². The fourth-order valence-electron chi connectivity index (χ4n) is 1.13. The molecule has 0 aliphatic carbocycles. The Morgan fingerprint density at radius 3 is 2.06 bits per heavy atom. The van der Waals surface area contributed by atoms with Gasteiger partial charge in [0.25, 0.3) is 0 Å². The Balaban J connectivity index is 0. The molecular formula is C14H23OY-. The van der Waals surface area contributed by atoms with Crippen LogP contribution in [0.2, 0.25) is 0 Å². The second kappa shape index (κ2) is 10.3. The maximum atomic E-state index is 9.10. The van der Waals surface area contributed by atoms with Crippen LogP contribution in [0.25, 0.3) is 0 Å². The molecule has 0 atom stereocenters. The normalized spacial score (nSPS) is 9.12. The molecule has 1 aromatic carbocycles. The van der Waals surface area contributed by atoms with Gasteiger partial charge in [-0.15, -0.1) is 0 Å². The molecule has 0 fully saturated rings. The molecule has 0 saturated carbocycles. The maximum Gasteiger partial charge on any atom is 0.118 e. The number of rotatable bonds is 2. The monoisotopic (exact) mass is 296 g/mol. The Morgan fingerprint density at radius 1 is 1.25 bits per heavy atom. The van der Waals surface area contributed by atoms with Crippen LogP contribution >= 0.6 is 0 Å². The third-order valence-corrected chi connectivity index (χ3v) is 2.15. The van der Waals surface area contributed by atoms with E-state index in [9.17, 15) is 0 Å². The topological polar surface area (TPSA) is 20.2 Å². The van der Waals surface area contributed by atoms with Crippen molar-refractivity contribution < 1.29 is 37.8 Å². The molecule has 0 amide bonds. The Hall–Kier alpha value is 0.124. The van der Waals surface area contributed by atoms with Crippen molar-refractivity contribution in [2.45, 2.75) is 40.5 Å². The van der Waals surface area contributed by atoms with Crippen LogP contribution < -0.4 is 0 Å². The summed E-state index contributed by atoms with van der Waals surface area (Å²) >= 11 is 0. The molecule has 16 heavy (non-hydrogen) atoms. The molecule has 2 heteroatoms. The van der Waals surface area contributed by atoms with Crippen molar-refractivity contribution >= 4 is 0 Å². The summed E-state index contributed by atoms with van der Waals surface area (Å²) in [6, 6.07) is 5.65. The van der Waals surface area contributed by atoms with Gasteiger partial charge in [-0.25, -0.2) is 0 Å². The fourth-order valence-corrected chi connectivity index (χ4v) is 1.13. The van der Waals surface area contributed by atoms with E-state index in [0.29, 0.717) is 5.75 Å². The van der Waals surface area contributed by atoms with Crippen molar-refractivity contribution in [3.05, 3.63) is 36.2 Å². The second-order valence-electron chi connectivity index (χ2n) is 4.33. The predicted molar refractivity (Wildman–Crippen MR) is 67.0 cm³/mol. The summed E-state index contributed by atoms with van der Waals surface area (Å²) < 4.78 is 0. The number of hydrogen-bond acceptors (Lipinski definition) is 1. The van der Waals surface area contributed by atoms with E-state index in [1.165, 1.54) is 6.42 Å². The minimum absolute atomic E-state index is 0. The molecule has 1 N–H and O–H groups in total. The summed E-state index contributed by atoms with van der Waals surface area (Å²) in [5.41, 5.74) is 2.03. The van der Waals surface area contributed by atoms with Gasteiger partial charge < -0.3 is 12.0 Å². The van der Waals surface area contributed by atoms with Crippen molar-refractivity contribution in [1.29, 1.82) is 0 Å². The molecule has 1 nitrogen and oxygen atoms in total. The maximum absolute atomic E-state index is 9.10. The van der Waals surface area contributed by atoms with Crippen molar-refractivity contribution in [2.75, 3.05) is 0 Å². The van der Waals surface area contributed by atoms with Crippen LogP contribution in [0.15, 0.2) is 18.2 Å². The number of hydrogen-bond donors (Lipinski definition) is 1. The summed E-state index contributed by atoms with van der Waals surface area (Å²) in [6.45, 7) is 12.0. The van der Waals surface area contributed by atoms with Crippen LogP contribution in [-0.4, -0.2) is 5.11 Å². The van der Waals surface area contributed by atoms with Crippen LogP contribution in [0.4, 0.5) is 0 Å². The van der Waals surface area contributed by atoms with Crippen LogP contribution in [0.5, 0.6) is 5.75 Å². The number of phenols is 1. The molecule has 0 heterocycles. The zero-order valence-corrected chi connectivity index (χ0v) is 13.8. The predicted octanol–water partition coefficient (Wildman–Crippen LogP) is 4.26. The molecule has 0 aromatic heterocycles. The molecule has 1 aromatic rings. The van der Waals surface area contributed by atoms with E-state index in [4.69, 9.17) is 5.11 Å². The average molecular weight is 296 g/mol. The molecule has 89 valence electrons. The average Bonchev–Trinajstić information content (AvgIpc) is 2.13. The van der Waals surface area contributed by atoms with Gasteiger partial charge in [-0.1, -0.05) is 32.4 Å². The van der Waals surface area contributed by atoms with Gasteiger partial charge in [-0.2, -0.15) is 6.42 Å². The van der Waals surface area contributed by atoms with Crippen LogP contribution in [0.1, 0.15) is 37.8 Å². The largest absolute Gasteiger partial charge is 0.508 e. The van der Waals surface area contributed by atoms with E-state index in [1.807, 2.05) is 26.0 Å². The Bertz CT molecular complexity index is 282. The summed E-state index contributed by atoms with van der Waals surface area (Å²) in [5.74, 6) is 1.22. The molecule has 1 rings (SSSR count). The van der Waals surface area contributed by atoms with Gasteiger partial charge in [-0.05, 0) is 37.0 Å². The van der Waals surface area contributed by atoms with Gasteiger partial charge in [0.15, 0.2) is 0 Å². The number of phenolic OH excluding ortho intramolecular Hbond substituents is 1. The minimum atomic E-state index is 0. The summed E-state index contributed by atoms with van der Waals surface area (Å²) in [7, 11) is 0. The first-order chi connectivity index (χ1) is 6.97. The molecule has 0 aliphatic rings. The first-order valence-electron chi connectivity index (χ1n) is 5.52. The van der Waals surface area contributed by atoms with Crippen molar-refractivity contribution in [2.24, 2.45) is 5.92 Å². The summed E-state index contributed by atoms with van der Waals surface area (Å²) in [5, 5.41) is 9.10. The second-order valence-corrected chi connectivity index (χ2v) is 4.33. The first-order valence-corrected chi connectivity index (χ1v) is 5.52. The van der Waals surface area contributed by atoms with Crippen molar-refractivity contribution in [3.8, 4) is 5.75 Å². The van der Waals surface area contributed by atoms with E-state index in [-0.39, 0.29) is 32.7 Å². The van der Waals surface area contributed by atoms with Gasteiger partial charge >= 0.3 is 0 Å². The third-order valence-electron chi connectivity index (χ3n) is 2.15. The zero-order valence-electron chi connectivity index (χ0n) is 11.0. The molecule has 0 bridgehead atoms. The van der Waals surface area contributed by atoms with Crippen molar-refractivity contribution in [1.82, 2.24) is 0 Å². The minimum Gasteiger partial charge on any atom is -0.508 e. The van der Waals surface area contributed by atoms with Gasteiger partial charge in [0.05, 0.1) is 0 Å². The zero-order chi connectivity index (χ0) is 11.8. The molecule has 0 unspecified atom stereocenters. The Labute approximate surface area is 126 Å². The molecular weight excluding hydrogens is 273 g/mol. The molecule has 1 radical (unpaired) electrons. The summed E-state index contributed by atoms with van der Waals surface area (Å²) in [4.78, 5) is 0. The van der Waals surface area contributed by atoms with Gasteiger partial charge in [0.1, 0.15) is 5.75 Å². The summed E-state index contributed by atoms with van der Waals surface area (Å²) in [6.07, 6.45) is 2.34. The van der Waals surface area contributed by atoms with E-state index < -0.39 is 0 Å². The van der Waals surface area contributed by atoms with Crippen LogP contribution in [0.3, 0.4) is 0 Å². The smallest absolute Gasteiger partial charge is 0.118 e. The van der Waals surface area contributed by atoms with Crippen LogP contribution in [0, 0.1) is 26.7 Å². The van der Waals surface area contributed by atoms with E-state index in [0.717, 1.165) is 23.5 Å². The first kappa shape index (κ1) is 18.5. The van der Waals surface area contributed by atoms with Gasteiger partial charge in [0.2, 0.25) is 0 Å². The molecule has 0 saturated heterocycles. The quantitative estimate of drug-likeness (QED) is 0.808. The van der Waals surface area contributed by atoms with E-state index in [1.54, 1.807) is 6.07 Å². The van der Waals surface area contributed by atoms with Crippen LogP contribution in [-0.2, 0) is 32.7 Å². The van der Waals surface area contributed by atoms with E-state index >= 15 is 0 Å². The number of aryl methyl sites for hydroxylation is 2. The Morgan fingerprint density at radius 2 is 1.81 bits per heavy atom. The fraction of sp³-hybridized carbons (Fsp3) is 0.500. The molecule has 0 aliphatic heterocycles. The molecule has 0 spiro atoms. The SMILES string of the molecule is Cc1ccc(C)c(O)c1.[CH2-]CCC(C)C.[Y]. The van der Waals surface area contributed by atoms with Gasteiger partial charge in [-0.3, -0.25) is 0 Å².